The van der Waals surface area contributed by atoms with E-state index in [1.165, 1.54) is 12.1 Å². The summed E-state index contributed by atoms with van der Waals surface area (Å²) in [5, 5.41) is 0. The Balaban J connectivity index is 2.14. The molecule has 0 aliphatic carbocycles. The van der Waals surface area contributed by atoms with E-state index in [1.807, 2.05) is 12.1 Å². The first-order valence-corrected chi connectivity index (χ1v) is 6.05. The van der Waals surface area contributed by atoms with Crippen molar-refractivity contribution in [3.05, 3.63) is 64.1 Å². The predicted octanol–water partition coefficient (Wildman–Crippen LogP) is 3.23. The molecule has 2 N–H and O–H groups in total. The maximum absolute atomic E-state index is 13.1. The Morgan fingerprint density at radius 3 is 2.82 bits per heavy atom. The quantitative estimate of drug-likeness (QED) is 0.944. The minimum Gasteiger partial charge on any atom is -0.324 e. The van der Waals surface area contributed by atoms with Crippen LogP contribution in [0.5, 0.6) is 0 Å². The normalized spacial score (nSPS) is 12.4. The van der Waals surface area contributed by atoms with Gasteiger partial charge in [-0.15, -0.1) is 0 Å². The molecule has 0 saturated heterocycles. The summed E-state index contributed by atoms with van der Waals surface area (Å²) in [4.78, 5) is 4.07. The van der Waals surface area contributed by atoms with Crippen molar-refractivity contribution in [3.8, 4) is 0 Å². The molecule has 0 fully saturated rings. The lowest BCUT2D eigenvalue weighted by Crippen LogP contribution is -2.13. The lowest BCUT2D eigenvalue weighted by Gasteiger charge is -2.12. The second-order valence-corrected chi connectivity index (χ2v) is 4.79. The zero-order valence-corrected chi connectivity index (χ0v) is 10.7. The van der Waals surface area contributed by atoms with Gasteiger partial charge in [-0.05, 0) is 51.7 Å². The number of hydrogen-bond acceptors (Lipinski definition) is 2. The highest BCUT2D eigenvalue weighted by Crippen LogP contribution is 2.18. The van der Waals surface area contributed by atoms with Crippen LogP contribution in [0.1, 0.15) is 17.2 Å². The molecule has 1 atom stereocenters. The van der Waals surface area contributed by atoms with Gasteiger partial charge in [0.1, 0.15) is 5.82 Å². The van der Waals surface area contributed by atoms with Gasteiger partial charge in [0.05, 0.1) is 0 Å². The molecule has 1 aromatic carbocycles. The first-order chi connectivity index (χ1) is 8.15. The van der Waals surface area contributed by atoms with Crippen LogP contribution >= 0.6 is 15.9 Å². The monoisotopic (exact) mass is 294 g/mol. The summed E-state index contributed by atoms with van der Waals surface area (Å²) < 4.78 is 14.0. The molecule has 1 aromatic heterocycles. The van der Waals surface area contributed by atoms with E-state index in [0.29, 0.717) is 6.42 Å². The highest BCUT2D eigenvalue weighted by atomic mass is 79.9. The summed E-state index contributed by atoms with van der Waals surface area (Å²) in [5.41, 5.74) is 7.86. The van der Waals surface area contributed by atoms with Crippen LogP contribution in [0, 0.1) is 5.82 Å². The standard InChI is InChI=1S/C13H12BrFN2/c14-11-4-9(7-17-8-11)5-13(16)10-2-1-3-12(15)6-10/h1-4,6-8,13H,5,16H2. The Bertz CT molecular complexity index is 516. The van der Waals surface area contributed by atoms with Crippen LogP contribution in [-0.4, -0.2) is 4.98 Å². The third kappa shape index (κ3) is 3.35. The van der Waals surface area contributed by atoms with Gasteiger partial charge >= 0.3 is 0 Å². The molecule has 0 aliphatic heterocycles. The number of benzene rings is 1. The summed E-state index contributed by atoms with van der Waals surface area (Å²) >= 11 is 3.36. The summed E-state index contributed by atoms with van der Waals surface area (Å²) in [7, 11) is 0. The molecular weight excluding hydrogens is 283 g/mol. The van der Waals surface area contributed by atoms with Gasteiger partial charge in [-0.1, -0.05) is 12.1 Å². The van der Waals surface area contributed by atoms with Crippen LogP contribution in [-0.2, 0) is 6.42 Å². The van der Waals surface area contributed by atoms with Crippen molar-refractivity contribution in [1.29, 1.82) is 0 Å². The lowest BCUT2D eigenvalue weighted by atomic mass is 10.0. The third-order valence-electron chi connectivity index (χ3n) is 2.49. The van der Waals surface area contributed by atoms with E-state index in [9.17, 15) is 4.39 Å². The van der Waals surface area contributed by atoms with Crippen LogP contribution in [0.25, 0.3) is 0 Å². The first-order valence-electron chi connectivity index (χ1n) is 5.25. The minimum atomic E-state index is -0.259. The molecule has 0 aliphatic rings. The highest BCUT2D eigenvalue weighted by Gasteiger charge is 2.08. The molecule has 2 nitrogen and oxygen atoms in total. The van der Waals surface area contributed by atoms with Gasteiger partial charge in [-0.3, -0.25) is 4.98 Å². The first kappa shape index (κ1) is 12.2. The van der Waals surface area contributed by atoms with E-state index >= 15 is 0 Å². The van der Waals surface area contributed by atoms with E-state index in [-0.39, 0.29) is 11.9 Å². The topological polar surface area (TPSA) is 38.9 Å². The molecule has 88 valence electrons. The molecule has 0 bridgehead atoms. The SMILES string of the molecule is NC(Cc1cncc(Br)c1)c1cccc(F)c1. The molecule has 0 saturated carbocycles. The second kappa shape index (κ2) is 5.38. The molecule has 0 radical (unpaired) electrons. The average molecular weight is 295 g/mol. The molecule has 1 unspecified atom stereocenters. The van der Waals surface area contributed by atoms with Crippen LogP contribution in [0.2, 0.25) is 0 Å². The Morgan fingerprint density at radius 2 is 2.12 bits per heavy atom. The number of aromatic nitrogens is 1. The number of halogens is 2. The fourth-order valence-electron chi connectivity index (χ4n) is 1.68. The van der Waals surface area contributed by atoms with Crippen LogP contribution in [0.3, 0.4) is 0 Å². The number of hydrogen-bond donors (Lipinski definition) is 1. The average Bonchev–Trinajstić information content (AvgIpc) is 2.29. The molecule has 0 spiro atoms. The lowest BCUT2D eigenvalue weighted by molar-refractivity contribution is 0.618. The fraction of sp³-hybridized carbons (Fsp3) is 0.154. The van der Waals surface area contributed by atoms with E-state index in [0.717, 1.165) is 15.6 Å². The summed E-state index contributed by atoms with van der Waals surface area (Å²) in [6, 6.07) is 8.13. The number of pyridine rings is 1. The Hall–Kier alpha value is -1.26. The zero-order chi connectivity index (χ0) is 12.3. The van der Waals surface area contributed by atoms with Gasteiger partial charge in [0, 0.05) is 22.9 Å². The molecule has 1 heterocycles. The van der Waals surface area contributed by atoms with Crippen LogP contribution < -0.4 is 5.73 Å². The second-order valence-electron chi connectivity index (χ2n) is 3.88. The molecular formula is C13H12BrFN2. The molecule has 17 heavy (non-hydrogen) atoms. The Morgan fingerprint density at radius 1 is 1.29 bits per heavy atom. The van der Waals surface area contributed by atoms with Crippen molar-refractivity contribution in [2.24, 2.45) is 5.73 Å². The predicted molar refractivity (Wildman–Crippen MR) is 69.0 cm³/mol. The van der Waals surface area contributed by atoms with Gasteiger partial charge in [0.25, 0.3) is 0 Å². The van der Waals surface area contributed by atoms with Crippen molar-refractivity contribution in [2.45, 2.75) is 12.5 Å². The van der Waals surface area contributed by atoms with Crippen molar-refractivity contribution < 1.29 is 4.39 Å². The van der Waals surface area contributed by atoms with Gasteiger partial charge in [-0.25, -0.2) is 4.39 Å². The van der Waals surface area contributed by atoms with Crippen molar-refractivity contribution >= 4 is 15.9 Å². The largest absolute Gasteiger partial charge is 0.324 e. The minimum absolute atomic E-state index is 0.221. The molecule has 0 amide bonds. The highest BCUT2D eigenvalue weighted by molar-refractivity contribution is 9.10. The summed E-state index contributed by atoms with van der Waals surface area (Å²) in [5.74, 6) is -0.259. The summed E-state index contributed by atoms with van der Waals surface area (Å²) in [6.45, 7) is 0. The number of nitrogens with two attached hydrogens (primary N) is 1. The van der Waals surface area contributed by atoms with E-state index in [4.69, 9.17) is 5.73 Å². The number of rotatable bonds is 3. The smallest absolute Gasteiger partial charge is 0.123 e. The Labute approximate surface area is 108 Å². The van der Waals surface area contributed by atoms with E-state index in [2.05, 4.69) is 20.9 Å². The Kier molecular flexibility index (Phi) is 3.86. The number of nitrogens with zero attached hydrogens (tertiary/aromatic N) is 1. The van der Waals surface area contributed by atoms with Crippen LogP contribution in [0.15, 0.2) is 47.2 Å². The van der Waals surface area contributed by atoms with Crippen molar-refractivity contribution in [2.75, 3.05) is 0 Å². The van der Waals surface area contributed by atoms with Gasteiger partial charge in [-0.2, -0.15) is 0 Å². The molecule has 4 heteroatoms. The van der Waals surface area contributed by atoms with Crippen molar-refractivity contribution in [1.82, 2.24) is 4.98 Å². The summed E-state index contributed by atoms with van der Waals surface area (Å²) in [6.07, 6.45) is 4.12. The fourth-order valence-corrected chi connectivity index (χ4v) is 2.09. The molecule has 2 aromatic rings. The maximum Gasteiger partial charge on any atom is 0.123 e. The maximum atomic E-state index is 13.1. The van der Waals surface area contributed by atoms with Crippen LogP contribution in [0.4, 0.5) is 4.39 Å². The van der Waals surface area contributed by atoms with E-state index in [1.54, 1.807) is 18.5 Å². The van der Waals surface area contributed by atoms with Gasteiger partial charge < -0.3 is 5.73 Å². The van der Waals surface area contributed by atoms with Crippen molar-refractivity contribution in [3.63, 3.8) is 0 Å². The van der Waals surface area contributed by atoms with E-state index < -0.39 is 0 Å². The van der Waals surface area contributed by atoms with Gasteiger partial charge in [0.2, 0.25) is 0 Å². The zero-order valence-electron chi connectivity index (χ0n) is 9.11. The molecule has 2 rings (SSSR count). The third-order valence-corrected chi connectivity index (χ3v) is 2.93. The van der Waals surface area contributed by atoms with Gasteiger partial charge in [0.15, 0.2) is 0 Å².